The Balaban J connectivity index is 2.74. The molecule has 0 unspecified atom stereocenters. The minimum atomic E-state index is 0.375. The first kappa shape index (κ1) is 13.3. The third-order valence-electron chi connectivity index (χ3n) is 2.03. The van der Waals surface area contributed by atoms with Gasteiger partial charge in [0.1, 0.15) is 5.82 Å². The highest BCUT2D eigenvalue weighted by Crippen LogP contribution is 2.17. The van der Waals surface area contributed by atoms with E-state index >= 15 is 0 Å². The maximum absolute atomic E-state index is 6.09. The van der Waals surface area contributed by atoms with Gasteiger partial charge in [0.25, 0.3) is 0 Å². The summed E-state index contributed by atoms with van der Waals surface area (Å²) >= 11 is 6.09. The van der Waals surface area contributed by atoms with Crippen LogP contribution in [0.4, 0.5) is 5.82 Å². The van der Waals surface area contributed by atoms with Crippen molar-refractivity contribution in [1.82, 2.24) is 10.3 Å². The highest BCUT2D eigenvalue weighted by molar-refractivity contribution is 6.31. The van der Waals surface area contributed by atoms with Gasteiger partial charge in [0.05, 0.1) is 10.7 Å². The lowest BCUT2D eigenvalue weighted by Gasteiger charge is -2.13. The molecule has 1 heterocycles. The summed E-state index contributed by atoms with van der Waals surface area (Å²) < 4.78 is 0. The Kier molecular flexibility index (Phi) is 5.03. The van der Waals surface area contributed by atoms with E-state index in [1.807, 2.05) is 12.1 Å². The molecule has 0 fully saturated rings. The molecule has 16 heavy (non-hydrogen) atoms. The number of nitrogens with zero attached hydrogens (tertiary/aromatic N) is 1. The Hall–Kier alpha value is -0.800. The van der Waals surface area contributed by atoms with Crippen molar-refractivity contribution in [2.75, 3.05) is 5.32 Å². The predicted octanol–water partition coefficient (Wildman–Crippen LogP) is 3.05. The van der Waals surface area contributed by atoms with Crippen molar-refractivity contribution in [3.05, 3.63) is 22.8 Å². The third-order valence-corrected chi connectivity index (χ3v) is 2.38. The van der Waals surface area contributed by atoms with E-state index in [0.29, 0.717) is 23.7 Å². The number of hydrogen-bond acceptors (Lipinski definition) is 3. The molecule has 0 saturated heterocycles. The monoisotopic (exact) mass is 241 g/mol. The molecule has 0 aromatic carbocycles. The molecular weight excluding hydrogens is 222 g/mol. The fourth-order valence-corrected chi connectivity index (χ4v) is 1.46. The van der Waals surface area contributed by atoms with E-state index in [1.165, 1.54) is 0 Å². The van der Waals surface area contributed by atoms with Crippen molar-refractivity contribution in [1.29, 1.82) is 0 Å². The van der Waals surface area contributed by atoms with Crippen molar-refractivity contribution in [2.24, 2.45) is 0 Å². The van der Waals surface area contributed by atoms with E-state index in [0.717, 1.165) is 11.5 Å². The number of aromatic nitrogens is 1. The second-order valence-corrected chi connectivity index (χ2v) is 4.87. The van der Waals surface area contributed by atoms with Gasteiger partial charge in [-0.15, -0.1) is 0 Å². The van der Waals surface area contributed by atoms with Crippen LogP contribution in [0, 0.1) is 0 Å². The number of nitrogens with one attached hydrogen (secondary N) is 2. The molecular formula is C12H20ClN3. The maximum Gasteiger partial charge on any atom is 0.126 e. The maximum atomic E-state index is 6.09. The van der Waals surface area contributed by atoms with Gasteiger partial charge in [-0.1, -0.05) is 25.4 Å². The van der Waals surface area contributed by atoms with Gasteiger partial charge in [0, 0.05) is 18.6 Å². The summed E-state index contributed by atoms with van der Waals surface area (Å²) in [5.74, 6) is 0.875. The molecule has 0 aliphatic carbocycles. The standard InChI is InChI=1S/C12H20ClN3/c1-8(2)14-7-11-10(13)5-6-12(16-11)15-9(3)4/h5-6,8-9,14H,7H2,1-4H3,(H,15,16). The van der Waals surface area contributed by atoms with Crippen LogP contribution in [0.2, 0.25) is 5.02 Å². The zero-order chi connectivity index (χ0) is 12.1. The summed E-state index contributed by atoms with van der Waals surface area (Å²) in [6.07, 6.45) is 0. The molecule has 1 rings (SSSR count). The van der Waals surface area contributed by atoms with Gasteiger partial charge in [0.2, 0.25) is 0 Å². The molecule has 0 aliphatic rings. The molecule has 4 heteroatoms. The Labute approximate surface area is 103 Å². The third kappa shape index (κ3) is 4.37. The van der Waals surface area contributed by atoms with Crippen molar-refractivity contribution >= 4 is 17.4 Å². The van der Waals surface area contributed by atoms with E-state index in [-0.39, 0.29) is 0 Å². The van der Waals surface area contributed by atoms with E-state index in [9.17, 15) is 0 Å². The Bertz CT molecular complexity index is 337. The minimum Gasteiger partial charge on any atom is -0.368 e. The van der Waals surface area contributed by atoms with Crippen LogP contribution in [0.1, 0.15) is 33.4 Å². The fraction of sp³-hybridized carbons (Fsp3) is 0.583. The van der Waals surface area contributed by atoms with Crippen LogP contribution in [0.25, 0.3) is 0 Å². The predicted molar refractivity (Wildman–Crippen MR) is 70.0 cm³/mol. The van der Waals surface area contributed by atoms with Crippen LogP contribution in [-0.4, -0.2) is 17.1 Å². The van der Waals surface area contributed by atoms with Gasteiger partial charge in [0.15, 0.2) is 0 Å². The molecule has 0 amide bonds. The average Bonchev–Trinajstić information content (AvgIpc) is 2.18. The Morgan fingerprint density at radius 3 is 2.44 bits per heavy atom. The number of pyridine rings is 1. The molecule has 3 nitrogen and oxygen atoms in total. The second-order valence-electron chi connectivity index (χ2n) is 4.46. The first-order valence-electron chi connectivity index (χ1n) is 5.64. The Morgan fingerprint density at radius 2 is 1.88 bits per heavy atom. The van der Waals surface area contributed by atoms with Gasteiger partial charge in [-0.25, -0.2) is 4.98 Å². The zero-order valence-electron chi connectivity index (χ0n) is 10.3. The topological polar surface area (TPSA) is 37.0 Å². The Morgan fingerprint density at radius 1 is 1.19 bits per heavy atom. The summed E-state index contributed by atoms with van der Waals surface area (Å²) in [6.45, 7) is 9.07. The largest absolute Gasteiger partial charge is 0.368 e. The van der Waals surface area contributed by atoms with E-state index < -0.39 is 0 Å². The van der Waals surface area contributed by atoms with Crippen LogP contribution < -0.4 is 10.6 Å². The highest BCUT2D eigenvalue weighted by Gasteiger charge is 2.05. The van der Waals surface area contributed by atoms with E-state index in [2.05, 4.69) is 43.3 Å². The molecule has 0 spiro atoms. The minimum absolute atomic E-state index is 0.375. The molecule has 1 aromatic rings. The van der Waals surface area contributed by atoms with Crippen molar-refractivity contribution in [3.63, 3.8) is 0 Å². The van der Waals surface area contributed by atoms with Crippen molar-refractivity contribution in [3.8, 4) is 0 Å². The van der Waals surface area contributed by atoms with E-state index in [4.69, 9.17) is 11.6 Å². The molecule has 0 bridgehead atoms. The lowest BCUT2D eigenvalue weighted by Crippen LogP contribution is -2.23. The smallest absolute Gasteiger partial charge is 0.126 e. The quantitative estimate of drug-likeness (QED) is 0.832. The molecule has 0 saturated carbocycles. The van der Waals surface area contributed by atoms with Crippen LogP contribution in [0.3, 0.4) is 0 Å². The second kappa shape index (κ2) is 6.06. The SMILES string of the molecule is CC(C)NCc1nc(NC(C)C)ccc1Cl. The number of halogens is 1. The van der Waals surface area contributed by atoms with Crippen molar-refractivity contribution in [2.45, 2.75) is 46.3 Å². The first-order chi connectivity index (χ1) is 7.49. The van der Waals surface area contributed by atoms with Gasteiger partial charge >= 0.3 is 0 Å². The normalized spacial score (nSPS) is 11.2. The van der Waals surface area contributed by atoms with Crippen molar-refractivity contribution < 1.29 is 0 Å². The lowest BCUT2D eigenvalue weighted by molar-refractivity contribution is 0.581. The van der Waals surface area contributed by atoms with Crippen LogP contribution >= 0.6 is 11.6 Å². The summed E-state index contributed by atoms with van der Waals surface area (Å²) in [7, 11) is 0. The van der Waals surface area contributed by atoms with Crippen LogP contribution in [0.15, 0.2) is 12.1 Å². The summed E-state index contributed by atoms with van der Waals surface area (Å²) in [5.41, 5.74) is 0.890. The fourth-order valence-electron chi connectivity index (χ4n) is 1.29. The first-order valence-corrected chi connectivity index (χ1v) is 6.02. The number of hydrogen-bond donors (Lipinski definition) is 2. The molecule has 1 aromatic heterocycles. The summed E-state index contributed by atoms with van der Waals surface area (Å²) in [6, 6.07) is 4.59. The summed E-state index contributed by atoms with van der Waals surface area (Å²) in [5, 5.41) is 7.28. The molecule has 2 N–H and O–H groups in total. The highest BCUT2D eigenvalue weighted by atomic mass is 35.5. The van der Waals surface area contributed by atoms with Gasteiger partial charge < -0.3 is 10.6 Å². The molecule has 0 atom stereocenters. The van der Waals surface area contributed by atoms with Gasteiger partial charge in [-0.05, 0) is 26.0 Å². The molecule has 90 valence electrons. The summed E-state index contributed by atoms with van der Waals surface area (Å²) in [4.78, 5) is 4.48. The number of anilines is 1. The van der Waals surface area contributed by atoms with Gasteiger partial charge in [-0.2, -0.15) is 0 Å². The van der Waals surface area contributed by atoms with E-state index in [1.54, 1.807) is 0 Å². The average molecular weight is 242 g/mol. The van der Waals surface area contributed by atoms with Gasteiger partial charge in [-0.3, -0.25) is 0 Å². The zero-order valence-corrected chi connectivity index (χ0v) is 11.1. The molecule has 0 radical (unpaired) electrons. The molecule has 0 aliphatic heterocycles. The van der Waals surface area contributed by atoms with Crippen LogP contribution in [0.5, 0.6) is 0 Å². The van der Waals surface area contributed by atoms with Crippen LogP contribution in [-0.2, 0) is 6.54 Å². The number of rotatable bonds is 5. The lowest BCUT2D eigenvalue weighted by atomic mass is 10.3.